The second-order valence-electron chi connectivity index (χ2n) is 7.43. The molecule has 0 aliphatic heterocycles. The number of carbonyl (C=O) groups is 1. The number of hydrogen-bond donors (Lipinski definition) is 2. The number of thiophene rings is 1. The molecule has 1 aliphatic rings. The Hall–Kier alpha value is -1.92. The largest absolute Gasteiger partial charge is 0.465 e. The highest BCUT2D eigenvalue weighted by atomic mass is 32.1. The van der Waals surface area contributed by atoms with Crippen LogP contribution in [-0.2, 0) is 23.0 Å². The lowest BCUT2D eigenvalue weighted by atomic mass is 9.86. The van der Waals surface area contributed by atoms with Gasteiger partial charge in [-0.25, -0.2) is 4.79 Å². The minimum atomic E-state index is -0.301. The Morgan fingerprint density at radius 1 is 1.19 bits per heavy atom. The molecule has 6 heteroatoms. The summed E-state index contributed by atoms with van der Waals surface area (Å²) in [4.78, 5) is 13.5. The monoisotopic (exact) mass is 388 g/mol. The second kappa shape index (κ2) is 7.37. The normalized spacial score (nSPS) is 13.2. The van der Waals surface area contributed by atoms with Crippen LogP contribution in [0.3, 0.4) is 0 Å². The molecule has 0 unspecified atom stereocenters. The first kappa shape index (κ1) is 18.9. The molecule has 0 atom stereocenters. The minimum Gasteiger partial charge on any atom is -0.465 e. The lowest BCUT2D eigenvalue weighted by molar-refractivity contribution is 0.0601. The highest BCUT2D eigenvalue weighted by Crippen LogP contribution is 2.39. The zero-order valence-electron chi connectivity index (χ0n) is 15.6. The smallest absolute Gasteiger partial charge is 0.341 e. The third-order valence-electron chi connectivity index (χ3n) is 4.52. The molecule has 1 aromatic carbocycles. The maximum absolute atomic E-state index is 12.3. The van der Waals surface area contributed by atoms with E-state index < -0.39 is 0 Å². The Kier molecular flexibility index (Phi) is 5.34. The third-order valence-corrected chi connectivity index (χ3v) is 5.93. The lowest BCUT2D eigenvalue weighted by Gasteiger charge is -2.23. The number of methoxy groups -OCH3 is 1. The molecule has 1 heterocycles. The summed E-state index contributed by atoms with van der Waals surface area (Å²) in [6, 6.07) is 8.13. The number of aryl methyl sites for hydroxylation is 1. The molecule has 0 saturated heterocycles. The van der Waals surface area contributed by atoms with Gasteiger partial charge in [-0.2, -0.15) is 0 Å². The number of anilines is 2. The second-order valence-corrected chi connectivity index (χ2v) is 8.94. The predicted molar refractivity (Wildman–Crippen MR) is 113 cm³/mol. The molecule has 1 aromatic heterocycles. The molecule has 2 aromatic rings. The predicted octanol–water partition coefficient (Wildman–Crippen LogP) is 5.13. The standard InChI is InChI=1S/C20H24N2O2S2/c1-20(2,3)13-9-5-6-10-14(13)21-19(25)22-17-16(18(23)24-4)12-8-7-11-15(12)26-17/h5-6,9-10H,7-8,11H2,1-4H3,(H2,21,22,25). The number of para-hydroxylation sites is 1. The summed E-state index contributed by atoms with van der Waals surface area (Å²) >= 11 is 7.12. The van der Waals surface area contributed by atoms with Crippen molar-refractivity contribution < 1.29 is 9.53 Å². The van der Waals surface area contributed by atoms with Crippen LogP contribution in [0.2, 0.25) is 0 Å². The molecule has 0 radical (unpaired) electrons. The van der Waals surface area contributed by atoms with Crippen LogP contribution in [0.4, 0.5) is 10.7 Å². The van der Waals surface area contributed by atoms with Gasteiger partial charge >= 0.3 is 5.97 Å². The van der Waals surface area contributed by atoms with Gasteiger partial charge < -0.3 is 15.4 Å². The van der Waals surface area contributed by atoms with E-state index in [2.05, 4.69) is 37.5 Å². The van der Waals surface area contributed by atoms with Crippen molar-refractivity contribution in [3.05, 3.63) is 45.8 Å². The van der Waals surface area contributed by atoms with Gasteiger partial charge in [0.05, 0.1) is 12.7 Å². The van der Waals surface area contributed by atoms with E-state index in [-0.39, 0.29) is 11.4 Å². The first-order chi connectivity index (χ1) is 12.3. The van der Waals surface area contributed by atoms with Crippen LogP contribution in [-0.4, -0.2) is 18.2 Å². The number of hydrogen-bond acceptors (Lipinski definition) is 4. The van der Waals surface area contributed by atoms with Crippen LogP contribution in [0, 0.1) is 0 Å². The molecule has 138 valence electrons. The first-order valence-electron chi connectivity index (χ1n) is 8.71. The van der Waals surface area contributed by atoms with Gasteiger partial charge in [-0.15, -0.1) is 11.3 Å². The van der Waals surface area contributed by atoms with Gasteiger partial charge in [-0.1, -0.05) is 39.0 Å². The van der Waals surface area contributed by atoms with Crippen LogP contribution in [0.25, 0.3) is 0 Å². The van der Waals surface area contributed by atoms with Gasteiger partial charge in [-0.3, -0.25) is 0 Å². The fraction of sp³-hybridized carbons (Fsp3) is 0.400. The Balaban J connectivity index is 1.83. The van der Waals surface area contributed by atoms with E-state index >= 15 is 0 Å². The van der Waals surface area contributed by atoms with Crippen molar-refractivity contribution in [2.75, 3.05) is 17.7 Å². The van der Waals surface area contributed by atoms with Crippen LogP contribution < -0.4 is 10.6 Å². The van der Waals surface area contributed by atoms with Crippen LogP contribution in [0.1, 0.15) is 53.6 Å². The van der Waals surface area contributed by atoms with Gasteiger partial charge in [0.15, 0.2) is 5.11 Å². The Bertz CT molecular complexity index is 850. The number of thiocarbonyl (C=S) groups is 1. The lowest BCUT2D eigenvalue weighted by Crippen LogP contribution is -2.23. The average molecular weight is 389 g/mol. The highest BCUT2D eigenvalue weighted by molar-refractivity contribution is 7.80. The fourth-order valence-corrected chi connectivity index (χ4v) is 4.87. The molecule has 1 aliphatic carbocycles. The Labute approximate surface area is 164 Å². The van der Waals surface area contributed by atoms with E-state index in [1.807, 2.05) is 18.2 Å². The quantitative estimate of drug-likeness (QED) is 0.564. The minimum absolute atomic E-state index is 0.000485. The molecule has 0 fully saturated rings. The summed E-state index contributed by atoms with van der Waals surface area (Å²) in [6.07, 6.45) is 3.02. The summed E-state index contributed by atoms with van der Waals surface area (Å²) in [5.41, 5.74) is 3.91. The van der Waals surface area contributed by atoms with Crippen LogP contribution in [0.5, 0.6) is 0 Å². The van der Waals surface area contributed by atoms with Gasteiger partial charge in [0, 0.05) is 10.6 Å². The Morgan fingerprint density at radius 3 is 2.62 bits per heavy atom. The number of carbonyl (C=O) groups excluding carboxylic acids is 1. The van der Waals surface area contributed by atoms with Gasteiger partial charge in [0.1, 0.15) is 5.00 Å². The summed E-state index contributed by atoms with van der Waals surface area (Å²) in [6.45, 7) is 6.51. The number of fused-ring (bicyclic) bond motifs is 1. The summed E-state index contributed by atoms with van der Waals surface area (Å²) < 4.78 is 4.99. The van der Waals surface area contributed by atoms with E-state index in [0.717, 1.165) is 35.5 Å². The van der Waals surface area contributed by atoms with Gasteiger partial charge in [0.25, 0.3) is 0 Å². The third kappa shape index (κ3) is 3.76. The van der Waals surface area contributed by atoms with E-state index in [1.54, 1.807) is 11.3 Å². The molecule has 4 nitrogen and oxygen atoms in total. The van der Waals surface area contributed by atoms with Crippen molar-refractivity contribution in [1.29, 1.82) is 0 Å². The van der Waals surface area contributed by atoms with E-state index in [9.17, 15) is 4.79 Å². The van der Waals surface area contributed by atoms with Crippen molar-refractivity contribution in [1.82, 2.24) is 0 Å². The number of nitrogens with one attached hydrogen (secondary N) is 2. The molecule has 0 amide bonds. The maximum Gasteiger partial charge on any atom is 0.341 e. The molecular formula is C20H24N2O2S2. The van der Waals surface area contributed by atoms with Crippen molar-refractivity contribution in [3.8, 4) is 0 Å². The summed E-state index contributed by atoms with van der Waals surface area (Å²) in [7, 11) is 1.42. The van der Waals surface area contributed by atoms with E-state index in [4.69, 9.17) is 17.0 Å². The van der Waals surface area contributed by atoms with Crippen molar-refractivity contribution >= 4 is 45.3 Å². The molecule has 0 spiro atoms. The number of ether oxygens (including phenoxy) is 1. The average Bonchev–Trinajstić information content (AvgIpc) is 3.14. The Morgan fingerprint density at radius 2 is 1.92 bits per heavy atom. The van der Waals surface area contributed by atoms with Crippen molar-refractivity contribution in [3.63, 3.8) is 0 Å². The molecular weight excluding hydrogens is 364 g/mol. The number of esters is 1. The number of rotatable bonds is 3. The molecule has 2 N–H and O–H groups in total. The van der Waals surface area contributed by atoms with Crippen LogP contribution in [0.15, 0.2) is 24.3 Å². The molecule has 26 heavy (non-hydrogen) atoms. The van der Waals surface area contributed by atoms with Gasteiger partial charge in [0.2, 0.25) is 0 Å². The molecule has 3 rings (SSSR count). The van der Waals surface area contributed by atoms with Crippen LogP contribution >= 0.6 is 23.6 Å². The molecule has 0 bridgehead atoms. The van der Waals surface area contributed by atoms with E-state index in [1.165, 1.54) is 17.6 Å². The highest BCUT2D eigenvalue weighted by Gasteiger charge is 2.27. The fourth-order valence-electron chi connectivity index (χ4n) is 3.31. The SMILES string of the molecule is COC(=O)c1c(NC(=S)Nc2ccccc2C(C)(C)C)sc2c1CCC2. The summed E-state index contributed by atoms with van der Waals surface area (Å²) in [5.74, 6) is -0.301. The zero-order valence-corrected chi connectivity index (χ0v) is 17.2. The first-order valence-corrected chi connectivity index (χ1v) is 9.94. The topological polar surface area (TPSA) is 50.4 Å². The molecule has 0 saturated carbocycles. The number of benzene rings is 1. The summed E-state index contributed by atoms with van der Waals surface area (Å²) in [5, 5.41) is 7.76. The maximum atomic E-state index is 12.3. The van der Waals surface area contributed by atoms with Crippen molar-refractivity contribution in [2.24, 2.45) is 0 Å². The van der Waals surface area contributed by atoms with E-state index in [0.29, 0.717) is 10.7 Å². The van der Waals surface area contributed by atoms with Crippen molar-refractivity contribution in [2.45, 2.75) is 45.4 Å². The van der Waals surface area contributed by atoms with Gasteiger partial charge in [-0.05, 0) is 54.1 Å². The zero-order chi connectivity index (χ0) is 18.9.